The average Bonchev–Trinajstić information content (AvgIpc) is 2.22. The predicted octanol–water partition coefficient (Wildman–Crippen LogP) is 3.76. The molecule has 0 saturated heterocycles. The minimum Gasteiger partial charge on any atom is -0.379 e. The largest absolute Gasteiger partial charge is 0.379 e. The Morgan fingerprint density at radius 3 is 2.71 bits per heavy atom. The van der Waals surface area contributed by atoms with Crippen molar-refractivity contribution < 1.29 is 8.78 Å². The first-order valence-electron chi connectivity index (χ1n) is 4.70. The third-order valence-electron chi connectivity index (χ3n) is 2.06. The third-order valence-corrected chi connectivity index (χ3v) is 3.32. The first-order chi connectivity index (χ1) is 7.91. The van der Waals surface area contributed by atoms with E-state index in [1.807, 2.05) is 0 Å². The lowest BCUT2D eigenvalue weighted by Gasteiger charge is -2.05. The van der Waals surface area contributed by atoms with Gasteiger partial charge in [0.25, 0.3) is 0 Å². The maximum Gasteiger partial charge on any atom is 0.151 e. The van der Waals surface area contributed by atoms with E-state index in [0.717, 1.165) is 17.8 Å². The zero-order valence-corrected chi connectivity index (χ0v) is 11.5. The van der Waals surface area contributed by atoms with Crippen molar-refractivity contribution in [3.05, 3.63) is 39.9 Å². The van der Waals surface area contributed by atoms with Crippen LogP contribution in [0.4, 0.5) is 8.78 Å². The van der Waals surface area contributed by atoms with Gasteiger partial charge in [-0.3, -0.25) is 5.41 Å². The fourth-order valence-electron chi connectivity index (χ4n) is 1.19. The van der Waals surface area contributed by atoms with E-state index >= 15 is 0 Å². The molecule has 92 valence electrons. The summed E-state index contributed by atoms with van der Waals surface area (Å²) < 4.78 is 26.7. The standard InChI is InChI=1S/C11H11BrF2N2S/c1-6(2-3-17-11(15)16)7-4-8(12)10(14)5-9(7)13/h2,4-5H,3H2,1H3,(H3,15,16). The number of nitrogens with one attached hydrogen (secondary N) is 1. The smallest absolute Gasteiger partial charge is 0.151 e. The number of amidine groups is 1. The van der Waals surface area contributed by atoms with Crippen molar-refractivity contribution in [2.45, 2.75) is 6.92 Å². The van der Waals surface area contributed by atoms with Crippen LogP contribution < -0.4 is 5.73 Å². The molecule has 0 fully saturated rings. The maximum absolute atomic E-state index is 13.5. The third kappa shape index (κ3) is 4.12. The summed E-state index contributed by atoms with van der Waals surface area (Å²) in [6.45, 7) is 1.73. The Bertz CT molecular complexity index is 475. The van der Waals surface area contributed by atoms with Crippen LogP contribution in [-0.2, 0) is 0 Å². The molecule has 0 aliphatic heterocycles. The molecule has 0 unspecified atom stereocenters. The van der Waals surface area contributed by atoms with E-state index < -0.39 is 11.6 Å². The van der Waals surface area contributed by atoms with Gasteiger partial charge < -0.3 is 5.73 Å². The number of nitrogens with two attached hydrogens (primary N) is 1. The van der Waals surface area contributed by atoms with Crippen molar-refractivity contribution in [1.29, 1.82) is 5.41 Å². The lowest BCUT2D eigenvalue weighted by molar-refractivity contribution is 0.576. The highest BCUT2D eigenvalue weighted by Crippen LogP contribution is 2.25. The van der Waals surface area contributed by atoms with Crippen molar-refractivity contribution >= 4 is 38.4 Å². The van der Waals surface area contributed by atoms with E-state index in [-0.39, 0.29) is 9.64 Å². The van der Waals surface area contributed by atoms with Crippen LogP contribution in [-0.4, -0.2) is 10.9 Å². The Morgan fingerprint density at radius 1 is 1.47 bits per heavy atom. The molecule has 0 heterocycles. The molecular weight excluding hydrogens is 310 g/mol. The number of halogens is 3. The SMILES string of the molecule is CC(=CCSC(=N)N)c1cc(Br)c(F)cc1F. The van der Waals surface area contributed by atoms with Gasteiger partial charge >= 0.3 is 0 Å². The molecule has 6 heteroatoms. The van der Waals surface area contributed by atoms with Gasteiger partial charge in [0.2, 0.25) is 0 Å². The number of hydrogen-bond donors (Lipinski definition) is 2. The van der Waals surface area contributed by atoms with Gasteiger partial charge in [-0.25, -0.2) is 8.78 Å². The lowest BCUT2D eigenvalue weighted by atomic mass is 10.1. The maximum atomic E-state index is 13.5. The van der Waals surface area contributed by atoms with Gasteiger partial charge in [-0.2, -0.15) is 0 Å². The Kier molecular flexibility index (Phi) is 5.14. The minimum atomic E-state index is -0.628. The van der Waals surface area contributed by atoms with E-state index in [1.54, 1.807) is 13.0 Å². The summed E-state index contributed by atoms with van der Waals surface area (Å²) in [5.74, 6) is -0.750. The van der Waals surface area contributed by atoms with Crippen molar-refractivity contribution in [3.8, 4) is 0 Å². The normalized spacial score (nSPS) is 11.6. The van der Waals surface area contributed by atoms with Crippen molar-refractivity contribution in [1.82, 2.24) is 0 Å². The van der Waals surface area contributed by atoms with E-state index in [4.69, 9.17) is 11.1 Å². The lowest BCUT2D eigenvalue weighted by Crippen LogP contribution is -2.03. The predicted molar refractivity (Wildman–Crippen MR) is 72.1 cm³/mol. The molecule has 0 aromatic heterocycles. The summed E-state index contributed by atoms with van der Waals surface area (Å²) in [5.41, 5.74) is 6.19. The summed E-state index contributed by atoms with van der Waals surface area (Å²) in [6, 6.07) is 2.24. The monoisotopic (exact) mass is 320 g/mol. The topological polar surface area (TPSA) is 49.9 Å². The van der Waals surface area contributed by atoms with Crippen molar-refractivity contribution in [2.24, 2.45) is 5.73 Å². The highest BCUT2D eigenvalue weighted by Gasteiger charge is 2.09. The average molecular weight is 321 g/mol. The molecule has 1 aromatic rings. The summed E-state index contributed by atoms with van der Waals surface area (Å²) in [5, 5.41) is 7.04. The molecule has 3 N–H and O–H groups in total. The Hall–Kier alpha value is -0.880. The molecule has 0 amide bonds. The van der Waals surface area contributed by atoms with Crippen molar-refractivity contribution in [2.75, 3.05) is 5.75 Å². The van der Waals surface area contributed by atoms with Crippen LogP contribution in [0.5, 0.6) is 0 Å². The first-order valence-corrected chi connectivity index (χ1v) is 6.48. The van der Waals surface area contributed by atoms with Gasteiger partial charge in [-0.1, -0.05) is 17.8 Å². The Labute approximate surface area is 111 Å². The molecule has 0 aliphatic carbocycles. The Balaban J connectivity index is 2.92. The van der Waals surface area contributed by atoms with Gasteiger partial charge in [0, 0.05) is 17.4 Å². The quantitative estimate of drug-likeness (QED) is 0.506. The molecular formula is C11H11BrF2N2S. The van der Waals surface area contributed by atoms with Crippen LogP contribution in [0.3, 0.4) is 0 Å². The number of hydrogen-bond acceptors (Lipinski definition) is 2. The fraction of sp³-hybridized carbons (Fsp3) is 0.182. The minimum absolute atomic E-state index is 0.00908. The van der Waals surface area contributed by atoms with Gasteiger partial charge in [-0.05, 0) is 34.5 Å². The van der Waals surface area contributed by atoms with Crippen LogP contribution in [0.25, 0.3) is 5.57 Å². The zero-order valence-electron chi connectivity index (χ0n) is 9.06. The molecule has 0 aliphatic rings. The zero-order chi connectivity index (χ0) is 13.0. The molecule has 1 aromatic carbocycles. The molecule has 0 radical (unpaired) electrons. The molecule has 17 heavy (non-hydrogen) atoms. The van der Waals surface area contributed by atoms with Crippen LogP contribution in [0.2, 0.25) is 0 Å². The molecule has 0 atom stereocenters. The number of thioether (sulfide) groups is 1. The van der Waals surface area contributed by atoms with E-state index in [1.165, 1.54) is 6.07 Å². The summed E-state index contributed by atoms with van der Waals surface area (Å²) in [7, 11) is 0. The number of allylic oxidation sites excluding steroid dienone is 1. The van der Waals surface area contributed by atoms with Gasteiger partial charge in [0.15, 0.2) is 5.17 Å². The van der Waals surface area contributed by atoms with Gasteiger partial charge in [0.1, 0.15) is 11.6 Å². The van der Waals surface area contributed by atoms with E-state index in [2.05, 4.69) is 15.9 Å². The molecule has 1 rings (SSSR count). The van der Waals surface area contributed by atoms with Crippen LogP contribution >= 0.6 is 27.7 Å². The number of benzene rings is 1. The molecule has 0 saturated carbocycles. The fourth-order valence-corrected chi connectivity index (χ4v) is 2.05. The molecule has 0 spiro atoms. The van der Waals surface area contributed by atoms with E-state index in [0.29, 0.717) is 16.9 Å². The number of rotatable bonds is 3. The second-order valence-electron chi connectivity index (χ2n) is 3.31. The first kappa shape index (κ1) is 14.2. The van der Waals surface area contributed by atoms with Gasteiger partial charge in [0.05, 0.1) is 4.47 Å². The highest BCUT2D eigenvalue weighted by atomic mass is 79.9. The summed E-state index contributed by atoms with van der Waals surface area (Å²) >= 11 is 4.16. The molecule has 0 bridgehead atoms. The summed E-state index contributed by atoms with van der Waals surface area (Å²) in [6.07, 6.45) is 1.74. The van der Waals surface area contributed by atoms with Crippen LogP contribution in [0.1, 0.15) is 12.5 Å². The van der Waals surface area contributed by atoms with Crippen LogP contribution in [0, 0.1) is 17.0 Å². The van der Waals surface area contributed by atoms with Crippen LogP contribution in [0.15, 0.2) is 22.7 Å². The second kappa shape index (κ2) is 6.16. The summed E-state index contributed by atoms with van der Waals surface area (Å²) in [4.78, 5) is 0. The van der Waals surface area contributed by atoms with E-state index in [9.17, 15) is 8.78 Å². The highest BCUT2D eigenvalue weighted by molar-refractivity contribution is 9.10. The molecule has 2 nitrogen and oxygen atoms in total. The van der Waals surface area contributed by atoms with Crippen molar-refractivity contribution in [3.63, 3.8) is 0 Å². The second-order valence-corrected chi connectivity index (χ2v) is 5.22. The van der Waals surface area contributed by atoms with Gasteiger partial charge in [-0.15, -0.1) is 0 Å². The Morgan fingerprint density at radius 2 is 2.12 bits per heavy atom.